The van der Waals surface area contributed by atoms with Gasteiger partial charge in [-0.25, -0.2) is 4.79 Å². The van der Waals surface area contributed by atoms with Gasteiger partial charge in [-0.05, 0) is 6.42 Å². The molecule has 1 amide bonds. The summed E-state index contributed by atoms with van der Waals surface area (Å²) in [5, 5.41) is 14.2. The summed E-state index contributed by atoms with van der Waals surface area (Å²) < 4.78 is 0. The van der Waals surface area contributed by atoms with Crippen LogP contribution in [0.1, 0.15) is 19.8 Å². The fourth-order valence-corrected chi connectivity index (χ4v) is 0.681. The molecule has 0 saturated heterocycles. The van der Waals surface area contributed by atoms with Crippen molar-refractivity contribution in [3.8, 4) is 6.07 Å². The first-order chi connectivity index (χ1) is 6.24. The second-order valence-electron chi connectivity index (χ2n) is 2.41. The zero-order valence-corrected chi connectivity index (χ0v) is 7.78. The predicted octanol–water partition coefficient (Wildman–Crippen LogP) is 1.27. The third-order valence-corrected chi connectivity index (χ3v) is 1.35. The smallest absolute Gasteiger partial charge is 0.323 e. The van der Waals surface area contributed by atoms with E-state index in [1.54, 1.807) is 0 Å². The van der Waals surface area contributed by atoms with Crippen LogP contribution in [-0.2, 0) is 4.84 Å². The van der Waals surface area contributed by atoms with E-state index in [0.29, 0.717) is 0 Å². The van der Waals surface area contributed by atoms with Gasteiger partial charge in [-0.15, -0.1) is 0 Å². The lowest BCUT2D eigenvalue weighted by Gasteiger charge is -1.98. The number of rotatable bonds is 4. The molecule has 5 nitrogen and oxygen atoms in total. The Bertz CT molecular complexity index is 220. The van der Waals surface area contributed by atoms with Crippen molar-refractivity contribution < 1.29 is 9.63 Å². The van der Waals surface area contributed by atoms with Crippen LogP contribution in [0.15, 0.2) is 5.16 Å². The van der Waals surface area contributed by atoms with E-state index in [9.17, 15) is 4.79 Å². The minimum atomic E-state index is -0.635. The van der Waals surface area contributed by atoms with E-state index < -0.39 is 6.09 Å². The standard InChI is InChI=1S/C8H13N3O2/c1-3-4-7(5-9)6-11-13-8(12)10-2/h6-7H,3-4H2,1-2H3,(H,10,12). The number of carbonyl (C=O) groups excluding carboxylic acids is 1. The molecule has 0 aromatic carbocycles. The molecule has 5 heteroatoms. The van der Waals surface area contributed by atoms with Gasteiger partial charge in [0.2, 0.25) is 0 Å². The number of carbonyl (C=O) groups is 1. The average Bonchev–Trinajstić information content (AvgIpc) is 2.16. The molecule has 13 heavy (non-hydrogen) atoms. The van der Waals surface area contributed by atoms with Crippen LogP contribution in [0, 0.1) is 17.2 Å². The lowest BCUT2D eigenvalue weighted by atomic mass is 10.1. The summed E-state index contributed by atoms with van der Waals surface area (Å²) in [4.78, 5) is 14.8. The molecule has 1 N–H and O–H groups in total. The summed E-state index contributed by atoms with van der Waals surface area (Å²) in [6.07, 6.45) is 2.31. The molecule has 0 aliphatic rings. The molecule has 1 atom stereocenters. The first kappa shape index (κ1) is 11.4. The molecule has 0 aliphatic heterocycles. The Labute approximate surface area is 77.4 Å². The van der Waals surface area contributed by atoms with Crippen molar-refractivity contribution in [2.24, 2.45) is 11.1 Å². The molecule has 1 unspecified atom stereocenters. The molecular weight excluding hydrogens is 170 g/mol. The normalized spacial score (nSPS) is 12.1. The van der Waals surface area contributed by atoms with Gasteiger partial charge >= 0.3 is 6.09 Å². The Balaban J connectivity index is 3.81. The molecule has 0 bridgehead atoms. The Hall–Kier alpha value is -1.57. The van der Waals surface area contributed by atoms with Crippen LogP contribution in [0.3, 0.4) is 0 Å². The van der Waals surface area contributed by atoms with E-state index in [1.165, 1.54) is 13.3 Å². The van der Waals surface area contributed by atoms with Crippen molar-refractivity contribution in [2.75, 3.05) is 7.05 Å². The van der Waals surface area contributed by atoms with Crippen LogP contribution < -0.4 is 5.32 Å². The van der Waals surface area contributed by atoms with Gasteiger partial charge in [0.25, 0.3) is 0 Å². The van der Waals surface area contributed by atoms with Gasteiger partial charge < -0.3 is 5.32 Å². The van der Waals surface area contributed by atoms with Gasteiger partial charge in [0, 0.05) is 7.05 Å². The van der Waals surface area contributed by atoms with Gasteiger partial charge in [0.05, 0.1) is 18.2 Å². The van der Waals surface area contributed by atoms with E-state index in [1.807, 2.05) is 13.0 Å². The molecular formula is C8H13N3O2. The Morgan fingerprint density at radius 3 is 3.00 bits per heavy atom. The number of hydrogen-bond donors (Lipinski definition) is 1. The molecule has 0 saturated carbocycles. The number of amides is 1. The highest BCUT2D eigenvalue weighted by Crippen LogP contribution is 2.01. The summed E-state index contributed by atoms with van der Waals surface area (Å²) in [7, 11) is 1.44. The maximum Gasteiger partial charge on any atom is 0.433 e. The third-order valence-electron chi connectivity index (χ3n) is 1.35. The van der Waals surface area contributed by atoms with Crippen LogP contribution in [0.4, 0.5) is 4.79 Å². The molecule has 0 aromatic rings. The van der Waals surface area contributed by atoms with Gasteiger partial charge in [-0.1, -0.05) is 18.5 Å². The van der Waals surface area contributed by atoms with Crippen molar-refractivity contribution >= 4 is 12.3 Å². The number of nitriles is 1. The highest BCUT2D eigenvalue weighted by molar-refractivity contribution is 5.69. The molecule has 0 radical (unpaired) electrons. The number of hydrogen-bond acceptors (Lipinski definition) is 4. The predicted molar refractivity (Wildman–Crippen MR) is 48.0 cm³/mol. The highest BCUT2D eigenvalue weighted by Gasteiger charge is 2.02. The van der Waals surface area contributed by atoms with Crippen molar-refractivity contribution in [1.29, 1.82) is 5.26 Å². The van der Waals surface area contributed by atoms with Gasteiger partial charge in [-0.2, -0.15) is 5.26 Å². The van der Waals surface area contributed by atoms with Crippen molar-refractivity contribution in [1.82, 2.24) is 5.32 Å². The number of nitrogens with zero attached hydrogens (tertiary/aromatic N) is 2. The van der Waals surface area contributed by atoms with Crippen LogP contribution in [0.25, 0.3) is 0 Å². The maximum absolute atomic E-state index is 10.5. The fraction of sp³-hybridized carbons (Fsp3) is 0.625. The molecule has 72 valence electrons. The second kappa shape index (κ2) is 7.10. The van der Waals surface area contributed by atoms with E-state index in [-0.39, 0.29) is 5.92 Å². The topological polar surface area (TPSA) is 74.5 Å². The Kier molecular flexibility index (Phi) is 6.24. The first-order valence-corrected chi connectivity index (χ1v) is 4.06. The summed E-state index contributed by atoms with van der Waals surface area (Å²) >= 11 is 0. The zero-order chi connectivity index (χ0) is 10.1. The number of nitrogens with one attached hydrogen (secondary N) is 1. The quantitative estimate of drug-likeness (QED) is 0.405. The maximum atomic E-state index is 10.5. The van der Waals surface area contributed by atoms with Crippen LogP contribution >= 0.6 is 0 Å². The third kappa shape index (κ3) is 5.67. The lowest BCUT2D eigenvalue weighted by molar-refractivity contribution is 0.153. The van der Waals surface area contributed by atoms with Crippen LogP contribution in [-0.4, -0.2) is 19.4 Å². The van der Waals surface area contributed by atoms with E-state index in [4.69, 9.17) is 5.26 Å². The number of oxime groups is 1. The highest BCUT2D eigenvalue weighted by atomic mass is 16.7. The van der Waals surface area contributed by atoms with Crippen LogP contribution in [0.5, 0.6) is 0 Å². The van der Waals surface area contributed by atoms with Crippen molar-refractivity contribution in [2.45, 2.75) is 19.8 Å². The Morgan fingerprint density at radius 1 is 1.85 bits per heavy atom. The summed E-state index contributed by atoms with van der Waals surface area (Å²) in [5.41, 5.74) is 0. The first-order valence-electron chi connectivity index (χ1n) is 4.06. The zero-order valence-electron chi connectivity index (χ0n) is 7.78. The minimum Gasteiger partial charge on any atom is -0.323 e. The molecule has 0 fully saturated rings. The average molecular weight is 183 g/mol. The molecule has 0 heterocycles. The molecule has 0 aliphatic carbocycles. The molecule has 0 rings (SSSR count). The van der Waals surface area contributed by atoms with E-state index in [2.05, 4.69) is 15.3 Å². The summed E-state index contributed by atoms with van der Waals surface area (Å²) in [5.74, 6) is -0.283. The second-order valence-corrected chi connectivity index (χ2v) is 2.41. The molecule has 0 aromatic heterocycles. The van der Waals surface area contributed by atoms with Crippen molar-refractivity contribution in [3.05, 3.63) is 0 Å². The van der Waals surface area contributed by atoms with Crippen LogP contribution in [0.2, 0.25) is 0 Å². The molecule has 0 spiro atoms. The summed E-state index contributed by atoms with van der Waals surface area (Å²) in [6, 6.07) is 2.03. The lowest BCUT2D eigenvalue weighted by Crippen LogP contribution is -2.17. The van der Waals surface area contributed by atoms with Gasteiger partial charge in [0.1, 0.15) is 0 Å². The largest absolute Gasteiger partial charge is 0.433 e. The van der Waals surface area contributed by atoms with Gasteiger partial charge in [0.15, 0.2) is 0 Å². The fourth-order valence-electron chi connectivity index (χ4n) is 0.681. The Morgan fingerprint density at radius 2 is 2.54 bits per heavy atom. The van der Waals surface area contributed by atoms with Gasteiger partial charge in [-0.3, -0.25) is 4.84 Å². The minimum absolute atomic E-state index is 0.283. The SMILES string of the molecule is CCCC(C#N)C=NOC(=O)NC. The monoisotopic (exact) mass is 183 g/mol. The van der Waals surface area contributed by atoms with E-state index >= 15 is 0 Å². The van der Waals surface area contributed by atoms with Crippen molar-refractivity contribution in [3.63, 3.8) is 0 Å². The van der Waals surface area contributed by atoms with E-state index in [0.717, 1.165) is 12.8 Å². The summed E-state index contributed by atoms with van der Waals surface area (Å²) in [6.45, 7) is 1.97.